The smallest absolute Gasteiger partial charge is 0.197 e. The van der Waals surface area contributed by atoms with Crippen LogP contribution in [0.3, 0.4) is 0 Å². The van der Waals surface area contributed by atoms with Crippen LogP contribution < -0.4 is 0 Å². The predicted molar refractivity (Wildman–Crippen MR) is 74.4 cm³/mol. The van der Waals surface area contributed by atoms with E-state index < -0.39 is 0 Å². The van der Waals surface area contributed by atoms with Gasteiger partial charge in [0.2, 0.25) is 0 Å². The second-order valence-electron chi connectivity index (χ2n) is 4.96. The van der Waals surface area contributed by atoms with Gasteiger partial charge in [0, 0.05) is 20.0 Å². The maximum atomic E-state index is 9.27. The van der Waals surface area contributed by atoms with E-state index in [0.717, 1.165) is 41.1 Å². The maximum absolute atomic E-state index is 9.27. The molecule has 2 aromatic heterocycles. The third-order valence-corrected chi connectivity index (χ3v) is 4.69. The van der Waals surface area contributed by atoms with Crippen LogP contribution in [-0.2, 0) is 20.0 Å². The maximum Gasteiger partial charge on any atom is 0.197 e. The molecular formula is C13H16N6S. The van der Waals surface area contributed by atoms with Gasteiger partial charge in [-0.05, 0) is 31.5 Å². The molecule has 0 bridgehead atoms. The van der Waals surface area contributed by atoms with Crippen molar-refractivity contribution in [2.45, 2.75) is 49.3 Å². The molecule has 104 valence electrons. The summed E-state index contributed by atoms with van der Waals surface area (Å²) in [6.45, 7) is 2.82. The molecule has 7 heteroatoms. The van der Waals surface area contributed by atoms with Crippen molar-refractivity contribution in [2.75, 3.05) is 0 Å². The van der Waals surface area contributed by atoms with Crippen LogP contribution >= 0.6 is 11.8 Å². The fraction of sp³-hybridized carbons (Fsp3) is 0.538. The lowest BCUT2D eigenvalue weighted by Gasteiger charge is -2.06. The molecule has 0 N–H and O–H groups in total. The van der Waals surface area contributed by atoms with E-state index in [0.29, 0.717) is 5.56 Å². The standard InChI is InChI=1S/C13H16N6S/c1-9-10(8-14)12(18(2)17-9)20-13-16-15-11-6-4-3-5-7-19(11)13/h3-7H2,1-2H3. The highest BCUT2D eigenvalue weighted by Gasteiger charge is 2.20. The first-order valence-corrected chi connectivity index (χ1v) is 7.56. The van der Waals surface area contributed by atoms with Crippen LogP contribution in [0.25, 0.3) is 0 Å². The van der Waals surface area contributed by atoms with Crippen LogP contribution in [-0.4, -0.2) is 24.5 Å². The predicted octanol–water partition coefficient (Wildman–Crippen LogP) is 2.07. The van der Waals surface area contributed by atoms with E-state index in [4.69, 9.17) is 0 Å². The highest BCUT2D eigenvalue weighted by atomic mass is 32.2. The summed E-state index contributed by atoms with van der Waals surface area (Å²) in [7, 11) is 1.86. The number of aromatic nitrogens is 5. The Kier molecular flexibility index (Phi) is 3.49. The number of hydrogen-bond acceptors (Lipinski definition) is 5. The Morgan fingerprint density at radius 3 is 2.90 bits per heavy atom. The second-order valence-corrected chi connectivity index (χ2v) is 5.92. The lowest BCUT2D eigenvalue weighted by molar-refractivity contribution is 0.589. The number of rotatable bonds is 2. The van der Waals surface area contributed by atoms with E-state index in [1.807, 2.05) is 14.0 Å². The minimum atomic E-state index is 0.628. The molecule has 0 radical (unpaired) electrons. The van der Waals surface area contributed by atoms with Gasteiger partial charge in [0.15, 0.2) is 5.16 Å². The molecule has 0 fully saturated rings. The van der Waals surface area contributed by atoms with Gasteiger partial charge in [-0.3, -0.25) is 4.68 Å². The molecule has 1 aliphatic heterocycles. The fourth-order valence-corrected chi connectivity index (χ4v) is 3.53. The molecule has 0 aliphatic carbocycles. The molecule has 3 heterocycles. The van der Waals surface area contributed by atoms with Gasteiger partial charge in [-0.25, -0.2) is 0 Å². The monoisotopic (exact) mass is 288 g/mol. The first kappa shape index (κ1) is 13.2. The van der Waals surface area contributed by atoms with Gasteiger partial charge in [0.05, 0.1) is 5.69 Å². The highest BCUT2D eigenvalue weighted by Crippen LogP contribution is 2.31. The summed E-state index contributed by atoms with van der Waals surface area (Å²) in [5, 5.41) is 23.8. The molecule has 0 atom stereocenters. The lowest BCUT2D eigenvalue weighted by atomic mass is 10.2. The van der Waals surface area contributed by atoms with E-state index in [1.54, 1.807) is 4.68 Å². The van der Waals surface area contributed by atoms with Gasteiger partial charge >= 0.3 is 0 Å². The Morgan fingerprint density at radius 2 is 2.10 bits per heavy atom. The first-order chi connectivity index (χ1) is 9.70. The third-order valence-electron chi connectivity index (χ3n) is 3.54. The van der Waals surface area contributed by atoms with Crippen LogP contribution in [0, 0.1) is 18.3 Å². The molecule has 0 saturated carbocycles. The average molecular weight is 288 g/mol. The van der Waals surface area contributed by atoms with Crippen LogP contribution in [0.5, 0.6) is 0 Å². The Morgan fingerprint density at radius 1 is 1.25 bits per heavy atom. The van der Waals surface area contributed by atoms with Crippen LogP contribution in [0.1, 0.15) is 36.3 Å². The molecule has 2 aromatic rings. The van der Waals surface area contributed by atoms with E-state index >= 15 is 0 Å². The molecule has 1 aliphatic rings. The lowest BCUT2D eigenvalue weighted by Crippen LogP contribution is -2.03. The molecule has 0 amide bonds. The number of nitrogens with zero attached hydrogens (tertiary/aromatic N) is 6. The summed E-state index contributed by atoms with van der Waals surface area (Å²) in [5.41, 5.74) is 1.39. The SMILES string of the molecule is Cc1nn(C)c(Sc2nnc3n2CCCCC3)c1C#N. The second kappa shape index (κ2) is 5.29. The highest BCUT2D eigenvalue weighted by molar-refractivity contribution is 7.99. The van der Waals surface area contributed by atoms with Crippen LogP contribution in [0.2, 0.25) is 0 Å². The number of nitriles is 1. The molecule has 0 aromatic carbocycles. The molecule has 3 rings (SSSR count). The minimum absolute atomic E-state index is 0.628. The number of fused-ring (bicyclic) bond motifs is 1. The summed E-state index contributed by atoms with van der Waals surface area (Å²) in [4.78, 5) is 0. The molecular weight excluding hydrogens is 272 g/mol. The van der Waals surface area contributed by atoms with E-state index in [2.05, 4.69) is 25.9 Å². The quantitative estimate of drug-likeness (QED) is 0.846. The van der Waals surface area contributed by atoms with E-state index in [1.165, 1.54) is 24.6 Å². The number of hydrogen-bond donors (Lipinski definition) is 0. The van der Waals surface area contributed by atoms with Crippen molar-refractivity contribution in [3.05, 3.63) is 17.1 Å². The van der Waals surface area contributed by atoms with Gasteiger partial charge in [-0.15, -0.1) is 10.2 Å². The van der Waals surface area contributed by atoms with Gasteiger partial charge in [-0.2, -0.15) is 10.4 Å². The van der Waals surface area contributed by atoms with Crippen molar-refractivity contribution in [1.29, 1.82) is 5.26 Å². The van der Waals surface area contributed by atoms with Crippen LogP contribution in [0.4, 0.5) is 0 Å². The summed E-state index contributed by atoms with van der Waals surface area (Å²) in [6, 6.07) is 2.23. The van der Waals surface area contributed by atoms with Gasteiger partial charge < -0.3 is 4.57 Å². The zero-order chi connectivity index (χ0) is 14.1. The van der Waals surface area contributed by atoms with Crippen molar-refractivity contribution >= 4 is 11.8 Å². The minimum Gasteiger partial charge on any atom is -0.306 e. The summed E-state index contributed by atoms with van der Waals surface area (Å²) in [5.74, 6) is 1.06. The van der Waals surface area contributed by atoms with Crippen molar-refractivity contribution in [1.82, 2.24) is 24.5 Å². The van der Waals surface area contributed by atoms with Crippen molar-refractivity contribution in [3.8, 4) is 6.07 Å². The molecule has 0 unspecified atom stereocenters. The van der Waals surface area contributed by atoms with Crippen molar-refractivity contribution in [2.24, 2.45) is 7.05 Å². The fourth-order valence-electron chi connectivity index (χ4n) is 2.50. The zero-order valence-electron chi connectivity index (χ0n) is 11.6. The summed E-state index contributed by atoms with van der Waals surface area (Å²) in [6.07, 6.45) is 4.57. The molecule has 6 nitrogen and oxygen atoms in total. The Bertz CT molecular complexity index is 678. The largest absolute Gasteiger partial charge is 0.306 e. The normalized spacial score (nSPS) is 14.7. The molecule has 0 spiro atoms. The van der Waals surface area contributed by atoms with Gasteiger partial charge in [0.1, 0.15) is 22.5 Å². The van der Waals surface area contributed by atoms with E-state index in [-0.39, 0.29) is 0 Å². The Hall–Kier alpha value is -1.81. The van der Waals surface area contributed by atoms with Crippen molar-refractivity contribution < 1.29 is 0 Å². The first-order valence-electron chi connectivity index (χ1n) is 6.74. The Balaban J connectivity index is 1.97. The van der Waals surface area contributed by atoms with Crippen molar-refractivity contribution in [3.63, 3.8) is 0 Å². The molecule has 0 saturated heterocycles. The van der Waals surface area contributed by atoms with Gasteiger partial charge in [-0.1, -0.05) is 6.42 Å². The third kappa shape index (κ3) is 2.20. The number of aryl methyl sites for hydroxylation is 3. The van der Waals surface area contributed by atoms with Gasteiger partial charge in [0.25, 0.3) is 0 Å². The summed E-state index contributed by atoms with van der Waals surface area (Å²) < 4.78 is 3.93. The van der Waals surface area contributed by atoms with Crippen LogP contribution in [0.15, 0.2) is 10.2 Å². The Labute approximate surface area is 121 Å². The zero-order valence-corrected chi connectivity index (χ0v) is 12.4. The van der Waals surface area contributed by atoms with E-state index in [9.17, 15) is 5.26 Å². The average Bonchev–Trinajstić information content (AvgIpc) is 2.81. The molecule has 20 heavy (non-hydrogen) atoms. The topological polar surface area (TPSA) is 72.3 Å². The summed E-state index contributed by atoms with van der Waals surface area (Å²) >= 11 is 1.48.